The maximum absolute atomic E-state index is 13.6. The van der Waals surface area contributed by atoms with Gasteiger partial charge in [-0.25, -0.2) is 10.3 Å². The summed E-state index contributed by atoms with van der Waals surface area (Å²) in [5, 5.41) is 10.8. The van der Waals surface area contributed by atoms with Crippen molar-refractivity contribution in [3.8, 4) is 0 Å². The first-order chi connectivity index (χ1) is 7.40. The molecule has 0 fully saturated rings. The molecule has 0 saturated carbocycles. The standard InChI is InChI=1S/C10H13FN2O3/c1-10(2,6-16-12)9-7(11)4-3-5-8(9)13(14)15/h3-5H,6,12H2,1-2H3. The highest BCUT2D eigenvalue weighted by atomic mass is 19.1. The summed E-state index contributed by atoms with van der Waals surface area (Å²) in [7, 11) is 0. The number of nitrogens with zero attached hydrogens (tertiary/aromatic N) is 1. The first-order valence-corrected chi connectivity index (χ1v) is 4.65. The van der Waals surface area contributed by atoms with Gasteiger partial charge in [0, 0.05) is 11.5 Å². The Hall–Kier alpha value is -1.53. The van der Waals surface area contributed by atoms with E-state index in [9.17, 15) is 14.5 Å². The number of halogens is 1. The van der Waals surface area contributed by atoms with Crippen molar-refractivity contribution in [1.82, 2.24) is 0 Å². The zero-order chi connectivity index (χ0) is 12.3. The van der Waals surface area contributed by atoms with Gasteiger partial charge in [0.15, 0.2) is 0 Å². The Kier molecular flexibility index (Phi) is 3.56. The molecule has 0 unspecified atom stereocenters. The molecule has 88 valence electrons. The molecule has 1 aromatic rings. The fraction of sp³-hybridized carbons (Fsp3) is 0.400. The van der Waals surface area contributed by atoms with E-state index in [0.29, 0.717) is 0 Å². The van der Waals surface area contributed by atoms with Gasteiger partial charge in [-0.3, -0.25) is 10.1 Å². The Morgan fingerprint density at radius 1 is 1.56 bits per heavy atom. The zero-order valence-corrected chi connectivity index (χ0v) is 9.07. The molecule has 0 atom stereocenters. The molecule has 5 nitrogen and oxygen atoms in total. The van der Waals surface area contributed by atoms with Gasteiger partial charge in [0.1, 0.15) is 5.82 Å². The van der Waals surface area contributed by atoms with Crippen LogP contribution in [0.5, 0.6) is 0 Å². The quantitative estimate of drug-likeness (QED) is 0.630. The van der Waals surface area contributed by atoms with Crippen LogP contribution in [0.2, 0.25) is 0 Å². The predicted molar refractivity (Wildman–Crippen MR) is 56.2 cm³/mol. The summed E-state index contributed by atoms with van der Waals surface area (Å²) < 4.78 is 13.6. The first kappa shape index (κ1) is 12.5. The van der Waals surface area contributed by atoms with E-state index in [4.69, 9.17) is 5.90 Å². The summed E-state index contributed by atoms with van der Waals surface area (Å²) in [5.74, 6) is 4.31. The molecule has 1 aromatic carbocycles. The van der Waals surface area contributed by atoms with Crippen molar-refractivity contribution in [1.29, 1.82) is 0 Å². The van der Waals surface area contributed by atoms with Crippen LogP contribution >= 0.6 is 0 Å². The Morgan fingerprint density at radius 2 is 2.19 bits per heavy atom. The van der Waals surface area contributed by atoms with E-state index in [1.54, 1.807) is 13.8 Å². The molecule has 0 aliphatic heterocycles. The molecule has 0 spiro atoms. The highest BCUT2D eigenvalue weighted by Crippen LogP contribution is 2.33. The Morgan fingerprint density at radius 3 is 2.69 bits per heavy atom. The molecule has 6 heteroatoms. The van der Waals surface area contributed by atoms with Gasteiger partial charge in [0.05, 0.1) is 17.1 Å². The molecule has 0 aliphatic carbocycles. The van der Waals surface area contributed by atoms with E-state index >= 15 is 0 Å². The highest BCUT2D eigenvalue weighted by molar-refractivity contribution is 5.45. The molecule has 2 N–H and O–H groups in total. The van der Waals surface area contributed by atoms with Gasteiger partial charge in [-0.05, 0) is 6.07 Å². The third-order valence-electron chi connectivity index (χ3n) is 2.31. The van der Waals surface area contributed by atoms with Crippen LogP contribution in [0.15, 0.2) is 18.2 Å². The van der Waals surface area contributed by atoms with Gasteiger partial charge in [0.2, 0.25) is 0 Å². The molecular formula is C10H13FN2O3. The van der Waals surface area contributed by atoms with Crippen LogP contribution in [0.3, 0.4) is 0 Å². The molecule has 0 bridgehead atoms. The van der Waals surface area contributed by atoms with Crippen molar-refractivity contribution < 1.29 is 14.2 Å². The lowest BCUT2D eigenvalue weighted by Crippen LogP contribution is -2.28. The van der Waals surface area contributed by atoms with Crippen molar-refractivity contribution in [2.24, 2.45) is 5.90 Å². The minimum absolute atomic E-state index is 0.00505. The fourth-order valence-corrected chi connectivity index (χ4v) is 1.62. The Balaban J connectivity index is 3.35. The van der Waals surface area contributed by atoms with Gasteiger partial charge in [-0.2, -0.15) is 0 Å². The molecule has 0 saturated heterocycles. The van der Waals surface area contributed by atoms with Crippen molar-refractivity contribution in [3.63, 3.8) is 0 Å². The second kappa shape index (κ2) is 4.54. The van der Waals surface area contributed by atoms with Crippen LogP contribution in [0.25, 0.3) is 0 Å². The SMILES string of the molecule is CC(C)(CON)c1c(F)cccc1[N+](=O)[O-]. The highest BCUT2D eigenvalue weighted by Gasteiger charge is 2.32. The van der Waals surface area contributed by atoms with E-state index in [-0.39, 0.29) is 17.9 Å². The largest absolute Gasteiger partial charge is 0.304 e. The van der Waals surface area contributed by atoms with Crippen LogP contribution in [0, 0.1) is 15.9 Å². The normalized spacial score (nSPS) is 11.5. The van der Waals surface area contributed by atoms with Crippen LogP contribution in [-0.4, -0.2) is 11.5 Å². The van der Waals surface area contributed by atoms with E-state index in [2.05, 4.69) is 4.84 Å². The van der Waals surface area contributed by atoms with E-state index in [0.717, 1.165) is 0 Å². The van der Waals surface area contributed by atoms with Gasteiger partial charge in [-0.15, -0.1) is 0 Å². The summed E-state index contributed by atoms with van der Waals surface area (Å²) in [5.41, 5.74) is -1.12. The maximum atomic E-state index is 13.6. The molecule has 16 heavy (non-hydrogen) atoms. The molecule has 0 amide bonds. The van der Waals surface area contributed by atoms with E-state index in [1.807, 2.05) is 0 Å². The Bertz CT molecular complexity index is 407. The van der Waals surface area contributed by atoms with Gasteiger partial charge >= 0.3 is 0 Å². The number of rotatable bonds is 4. The number of benzene rings is 1. The number of nitrogens with two attached hydrogens (primary N) is 1. The minimum Gasteiger partial charge on any atom is -0.304 e. The van der Waals surface area contributed by atoms with Crippen LogP contribution in [0.1, 0.15) is 19.4 Å². The summed E-state index contributed by atoms with van der Waals surface area (Å²) in [6.45, 7) is 3.26. The number of nitro groups is 1. The molecule has 1 rings (SSSR count). The van der Waals surface area contributed by atoms with E-state index in [1.165, 1.54) is 18.2 Å². The monoisotopic (exact) mass is 228 g/mol. The van der Waals surface area contributed by atoms with Crippen molar-refractivity contribution >= 4 is 5.69 Å². The van der Waals surface area contributed by atoms with Crippen molar-refractivity contribution in [3.05, 3.63) is 39.7 Å². The first-order valence-electron chi connectivity index (χ1n) is 4.65. The molecule has 0 aromatic heterocycles. The predicted octanol–water partition coefficient (Wildman–Crippen LogP) is 1.90. The molecule has 0 heterocycles. The third-order valence-corrected chi connectivity index (χ3v) is 2.31. The summed E-state index contributed by atoms with van der Waals surface area (Å²) in [6, 6.07) is 3.74. The number of hydrogen-bond donors (Lipinski definition) is 1. The van der Waals surface area contributed by atoms with Crippen molar-refractivity contribution in [2.45, 2.75) is 19.3 Å². The summed E-state index contributed by atoms with van der Waals surface area (Å²) >= 11 is 0. The summed E-state index contributed by atoms with van der Waals surface area (Å²) in [6.07, 6.45) is 0. The lowest BCUT2D eigenvalue weighted by molar-refractivity contribution is -0.386. The van der Waals surface area contributed by atoms with Gasteiger partial charge < -0.3 is 4.84 Å². The maximum Gasteiger partial charge on any atom is 0.276 e. The molecule has 0 aliphatic rings. The molecule has 0 radical (unpaired) electrons. The minimum atomic E-state index is -0.859. The average Bonchev–Trinajstić information content (AvgIpc) is 2.16. The lowest BCUT2D eigenvalue weighted by Gasteiger charge is -2.23. The zero-order valence-electron chi connectivity index (χ0n) is 9.07. The van der Waals surface area contributed by atoms with Crippen molar-refractivity contribution in [2.75, 3.05) is 6.61 Å². The topological polar surface area (TPSA) is 78.4 Å². The lowest BCUT2D eigenvalue weighted by atomic mass is 9.84. The summed E-state index contributed by atoms with van der Waals surface area (Å²) in [4.78, 5) is 14.6. The molecular weight excluding hydrogens is 215 g/mol. The average molecular weight is 228 g/mol. The van der Waals surface area contributed by atoms with E-state index < -0.39 is 16.2 Å². The second-order valence-electron chi connectivity index (χ2n) is 4.09. The van der Waals surface area contributed by atoms with Gasteiger partial charge in [0.25, 0.3) is 5.69 Å². The fourth-order valence-electron chi connectivity index (χ4n) is 1.62. The second-order valence-corrected chi connectivity index (χ2v) is 4.09. The van der Waals surface area contributed by atoms with Crippen LogP contribution in [-0.2, 0) is 10.3 Å². The van der Waals surface area contributed by atoms with Crippen LogP contribution < -0.4 is 5.90 Å². The number of hydrogen-bond acceptors (Lipinski definition) is 4. The van der Waals surface area contributed by atoms with Gasteiger partial charge in [-0.1, -0.05) is 19.9 Å². The smallest absolute Gasteiger partial charge is 0.276 e. The Labute approximate surface area is 92.1 Å². The van der Waals surface area contributed by atoms with Crippen LogP contribution in [0.4, 0.5) is 10.1 Å². The third kappa shape index (κ3) is 2.34. The number of nitro benzene ring substituents is 1.